The van der Waals surface area contributed by atoms with Gasteiger partial charge in [-0.05, 0) is 26.2 Å². The lowest BCUT2D eigenvalue weighted by molar-refractivity contribution is -0.144. The Bertz CT molecular complexity index is 357. The Morgan fingerprint density at radius 1 is 1.19 bits per heavy atom. The second-order valence-electron chi connectivity index (χ2n) is 5.32. The summed E-state index contributed by atoms with van der Waals surface area (Å²) < 4.78 is 4.45. The van der Waals surface area contributed by atoms with Gasteiger partial charge in [0.1, 0.15) is 6.04 Å². The van der Waals surface area contributed by atoms with Gasteiger partial charge in [-0.25, -0.2) is 4.79 Å². The average Bonchev–Trinajstić information content (AvgIpc) is 2.41. The lowest BCUT2D eigenvalue weighted by Gasteiger charge is -2.17. The molecule has 3 atom stereocenters. The number of nitrogens with one attached hydrogen (secondary N) is 1. The lowest BCUT2D eigenvalue weighted by atomic mass is 10.0. The molecule has 0 fully saturated rings. The number of hydrogen-bond acceptors (Lipinski definition) is 5. The first-order valence-corrected chi connectivity index (χ1v) is 7.13. The summed E-state index contributed by atoms with van der Waals surface area (Å²) in [5, 5.41) is 11.5. The summed E-state index contributed by atoms with van der Waals surface area (Å²) in [5.41, 5.74) is 5.63. The molecule has 1 amide bonds. The quantitative estimate of drug-likeness (QED) is 0.510. The van der Waals surface area contributed by atoms with Crippen LogP contribution in [0.25, 0.3) is 0 Å². The summed E-state index contributed by atoms with van der Waals surface area (Å²) in [6.45, 7) is 3.65. The van der Waals surface area contributed by atoms with Crippen molar-refractivity contribution in [3.8, 4) is 0 Å². The van der Waals surface area contributed by atoms with Crippen LogP contribution in [0, 0.1) is 5.92 Å². The first-order valence-electron chi connectivity index (χ1n) is 7.13. The van der Waals surface area contributed by atoms with Crippen LogP contribution in [0.4, 0.5) is 0 Å². The summed E-state index contributed by atoms with van der Waals surface area (Å²) in [6.07, 6.45) is 2.25. The van der Waals surface area contributed by atoms with Gasteiger partial charge in [0.15, 0.2) is 0 Å². The molecule has 0 aromatic carbocycles. The van der Waals surface area contributed by atoms with Crippen molar-refractivity contribution >= 4 is 17.8 Å². The predicted octanol–water partition coefficient (Wildman–Crippen LogP) is 0.663. The van der Waals surface area contributed by atoms with Gasteiger partial charge in [0.25, 0.3) is 0 Å². The fraction of sp³-hybridized carbons (Fsp3) is 0.786. The maximum Gasteiger partial charge on any atom is 0.326 e. The molecule has 0 aromatic heterocycles. The molecule has 0 spiro atoms. The minimum absolute atomic E-state index is 0.0142. The van der Waals surface area contributed by atoms with Crippen molar-refractivity contribution < 1.29 is 24.2 Å². The standard InChI is InChI=1S/C14H26N2O5/c1-9(5-4-6-10(2)15)13(18)16-11(14(19)20)7-8-12(17)21-3/h9-11H,4-8,15H2,1-3H3,(H,16,18)(H,19,20)/t9?,10?,11-/m0/s1. The number of esters is 1. The molecule has 7 nitrogen and oxygen atoms in total. The zero-order valence-electron chi connectivity index (χ0n) is 12.9. The normalized spacial score (nSPS) is 14.9. The van der Waals surface area contributed by atoms with E-state index in [9.17, 15) is 14.4 Å². The summed E-state index contributed by atoms with van der Waals surface area (Å²) in [7, 11) is 1.23. The molecule has 0 aliphatic carbocycles. The topological polar surface area (TPSA) is 119 Å². The molecule has 0 heterocycles. The molecule has 0 aromatic rings. The van der Waals surface area contributed by atoms with Gasteiger partial charge in [0.05, 0.1) is 7.11 Å². The fourth-order valence-corrected chi connectivity index (χ4v) is 1.81. The summed E-state index contributed by atoms with van der Waals surface area (Å²) >= 11 is 0. The number of ether oxygens (including phenoxy) is 1. The highest BCUT2D eigenvalue weighted by Crippen LogP contribution is 2.10. The SMILES string of the molecule is COC(=O)CC[C@H](NC(=O)C(C)CCCC(C)N)C(=O)O. The Kier molecular flexibility index (Phi) is 9.36. The van der Waals surface area contributed by atoms with Gasteiger partial charge >= 0.3 is 11.9 Å². The van der Waals surface area contributed by atoms with Gasteiger partial charge in [-0.1, -0.05) is 13.3 Å². The maximum atomic E-state index is 11.9. The van der Waals surface area contributed by atoms with Crippen LogP contribution in [0.5, 0.6) is 0 Å². The zero-order chi connectivity index (χ0) is 16.4. The lowest BCUT2D eigenvalue weighted by Crippen LogP contribution is -2.43. The number of aliphatic carboxylic acids is 1. The van der Waals surface area contributed by atoms with Crippen molar-refractivity contribution in [3.05, 3.63) is 0 Å². The molecule has 4 N–H and O–H groups in total. The number of hydrogen-bond donors (Lipinski definition) is 3. The molecular weight excluding hydrogens is 276 g/mol. The second-order valence-corrected chi connectivity index (χ2v) is 5.32. The Balaban J connectivity index is 4.26. The summed E-state index contributed by atoms with van der Waals surface area (Å²) in [4.78, 5) is 34.0. The van der Waals surface area contributed by atoms with E-state index < -0.39 is 18.0 Å². The van der Waals surface area contributed by atoms with Crippen LogP contribution in [0.1, 0.15) is 46.0 Å². The van der Waals surface area contributed by atoms with Crippen molar-refractivity contribution in [2.75, 3.05) is 7.11 Å². The van der Waals surface area contributed by atoms with Gasteiger partial charge in [-0.15, -0.1) is 0 Å². The van der Waals surface area contributed by atoms with Crippen LogP contribution in [-0.2, 0) is 19.1 Å². The van der Waals surface area contributed by atoms with Crippen molar-refractivity contribution in [2.45, 2.75) is 58.0 Å². The maximum absolute atomic E-state index is 11.9. The molecule has 0 rings (SSSR count). The highest BCUT2D eigenvalue weighted by molar-refractivity contribution is 5.85. The molecule has 7 heteroatoms. The van der Waals surface area contributed by atoms with Crippen molar-refractivity contribution in [3.63, 3.8) is 0 Å². The van der Waals surface area contributed by atoms with Gasteiger partial charge in [0.2, 0.25) is 5.91 Å². The van der Waals surface area contributed by atoms with Gasteiger partial charge < -0.3 is 20.9 Å². The number of methoxy groups -OCH3 is 1. The molecule has 2 unspecified atom stereocenters. The third-order valence-electron chi connectivity index (χ3n) is 3.22. The smallest absolute Gasteiger partial charge is 0.326 e. The Morgan fingerprint density at radius 3 is 2.29 bits per heavy atom. The number of carbonyl (C=O) groups is 3. The number of amides is 1. The first-order chi connectivity index (χ1) is 9.77. The van der Waals surface area contributed by atoms with Crippen LogP contribution >= 0.6 is 0 Å². The Morgan fingerprint density at radius 2 is 1.81 bits per heavy atom. The molecular formula is C14H26N2O5. The number of rotatable bonds is 10. The second kappa shape index (κ2) is 10.1. The molecule has 21 heavy (non-hydrogen) atoms. The third kappa shape index (κ3) is 9.01. The van der Waals surface area contributed by atoms with Crippen molar-refractivity contribution in [1.82, 2.24) is 5.32 Å². The van der Waals surface area contributed by atoms with E-state index in [-0.39, 0.29) is 30.7 Å². The van der Waals surface area contributed by atoms with Gasteiger partial charge in [0, 0.05) is 18.4 Å². The molecule has 0 aliphatic rings. The Hall–Kier alpha value is -1.63. The number of carboxylic acid groups (broad SMARTS) is 1. The summed E-state index contributed by atoms with van der Waals surface area (Å²) in [5.74, 6) is -2.27. The van der Waals surface area contributed by atoms with Crippen LogP contribution in [0.2, 0.25) is 0 Å². The number of carboxylic acids is 1. The number of carbonyl (C=O) groups excluding carboxylic acids is 2. The van der Waals surface area contributed by atoms with E-state index in [0.29, 0.717) is 6.42 Å². The zero-order valence-corrected chi connectivity index (χ0v) is 12.9. The average molecular weight is 302 g/mol. The molecule has 0 aliphatic heterocycles. The molecule has 0 bridgehead atoms. The van der Waals surface area contributed by atoms with Crippen LogP contribution < -0.4 is 11.1 Å². The van der Waals surface area contributed by atoms with Gasteiger partial charge in [-0.2, -0.15) is 0 Å². The molecule has 0 saturated carbocycles. The van der Waals surface area contributed by atoms with E-state index in [1.807, 2.05) is 6.92 Å². The summed E-state index contributed by atoms with van der Waals surface area (Å²) in [6, 6.07) is -0.987. The predicted molar refractivity (Wildman–Crippen MR) is 77.5 cm³/mol. The van der Waals surface area contributed by atoms with Crippen molar-refractivity contribution in [1.29, 1.82) is 0 Å². The molecule has 122 valence electrons. The van der Waals surface area contributed by atoms with Gasteiger partial charge in [-0.3, -0.25) is 9.59 Å². The van der Waals surface area contributed by atoms with Crippen LogP contribution in [0.15, 0.2) is 0 Å². The van der Waals surface area contributed by atoms with Crippen LogP contribution in [0.3, 0.4) is 0 Å². The van der Waals surface area contributed by atoms with E-state index in [2.05, 4.69) is 10.1 Å². The minimum atomic E-state index is -1.16. The van der Waals surface area contributed by atoms with Crippen LogP contribution in [-0.4, -0.2) is 42.1 Å². The van der Waals surface area contributed by atoms with E-state index in [1.54, 1.807) is 6.92 Å². The molecule has 0 radical (unpaired) electrons. The highest BCUT2D eigenvalue weighted by atomic mass is 16.5. The monoisotopic (exact) mass is 302 g/mol. The molecule has 0 saturated heterocycles. The van der Waals surface area contributed by atoms with E-state index >= 15 is 0 Å². The number of nitrogens with two attached hydrogens (primary N) is 1. The fourth-order valence-electron chi connectivity index (χ4n) is 1.81. The third-order valence-corrected chi connectivity index (χ3v) is 3.22. The van der Waals surface area contributed by atoms with E-state index in [1.165, 1.54) is 7.11 Å². The van der Waals surface area contributed by atoms with E-state index in [0.717, 1.165) is 12.8 Å². The highest BCUT2D eigenvalue weighted by Gasteiger charge is 2.23. The Labute approximate surface area is 125 Å². The first kappa shape index (κ1) is 19.4. The minimum Gasteiger partial charge on any atom is -0.480 e. The van der Waals surface area contributed by atoms with E-state index in [4.69, 9.17) is 10.8 Å². The largest absolute Gasteiger partial charge is 0.480 e. The van der Waals surface area contributed by atoms with Crippen molar-refractivity contribution in [2.24, 2.45) is 11.7 Å².